The highest BCUT2D eigenvalue weighted by atomic mass is 16.5. The minimum atomic E-state index is -0.883. The third-order valence-corrected chi connectivity index (χ3v) is 4.26. The van der Waals surface area contributed by atoms with Crippen molar-refractivity contribution in [3.05, 3.63) is 24.3 Å². The van der Waals surface area contributed by atoms with E-state index in [4.69, 9.17) is 4.74 Å². The molecule has 21 heavy (non-hydrogen) atoms. The summed E-state index contributed by atoms with van der Waals surface area (Å²) in [6, 6.07) is 7.13. The van der Waals surface area contributed by atoms with E-state index in [1.807, 2.05) is 13.0 Å². The molecule has 5 nitrogen and oxygen atoms in total. The zero-order valence-electron chi connectivity index (χ0n) is 12.3. The Hall–Kier alpha value is -2.04. The normalized spacial score (nSPS) is 24.6. The smallest absolute Gasteiger partial charge is 0.307 e. The number of para-hydroxylation sites is 2. The summed E-state index contributed by atoms with van der Waals surface area (Å²) >= 11 is 0. The van der Waals surface area contributed by atoms with Crippen molar-refractivity contribution in [3.8, 4) is 5.75 Å². The third-order valence-electron chi connectivity index (χ3n) is 4.26. The second-order valence-electron chi connectivity index (χ2n) is 5.49. The average Bonchev–Trinajstić information content (AvgIpc) is 2.92. The minimum absolute atomic E-state index is 0.233. The first-order chi connectivity index (χ1) is 10.1. The second kappa shape index (κ2) is 6.61. The number of methoxy groups -OCH3 is 1. The molecular formula is C16H21NO4. The number of aliphatic carboxylic acids is 1. The first-order valence-electron chi connectivity index (χ1n) is 7.23. The highest BCUT2D eigenvalue weighted by molar-refractivity contribution is 5.96. The van der Waals surface area contributed by atoms with Crippen LogP contribution in [-0.2, 0) is 9.59 Å². The Morgan fingerprint density at radius 1 is 1.29 bits per heavy atom. The first kappa shape index (κ1) is 15.4. The Bertz CT molecular complexity index is 529. The van der Waals surface area contributed by atoms with Crippen LogP contribution in [0.25, 0.3) is 0 Å². The first-order valence-corrected chi connectivity index (χ1v) is 7.23. The number of amides is 1. The Kier molecular flexibility index (Phi) is 4.83. The summed E-state index contributed by atoms with van der Waals surface area (Å²) in [5.41, 5.74) is 0.578. The quantitative estimate of drug-likeness (QED) is 0.874. The van der Waals surface area contributed by atoms with Crippen LogP contribution in [-0.4, -0.2) is 24.1 Å². The summed E-state index contributed by atoms with van der Waals surface area (Å²) in [6.45, 7) is 2.03. The van der Waals surface area contributed by atoms with Gasteiger partial charge in [-0.3, -0.25) is 9.59 Å². The average molecular weight is 291 g/mol. The van der Waals surface area contributed by atoms with Gasteiger partial charge >= 0.3 is 5.97 Å². The van der Waals surface area contributed by atoms with Gasteiger partial charge in [0.05, 0.1) is 24.6 Å². The van der Waals surface area contributed by atoms with Crippen LogP contribution in [0.15, 0.2) is 24.3 Å². The van der Waals surface area contributed by atoms with E-state index >= 15 is 0 Å². The molecule has 1 amide bonds. The molecule has 2 N–H and O–H groups in total. The van der Waals surface area contributed by atoms with Crippen molar-refractivity contribution >= 4 is 17.6 Å². The predicted octanol–water partition coefficient (Wildman–Crippen LogP) is 2.77. The van der Waals surface area contributed by atoms with Crippen LogP contribution in [0.3, 0.4) is 0 Å². The molecule has 0 bridgehead atoms. The number of carbonyl (C=O) groups is 2. The van der Waals surface area contributed by atoms with Gasteiger partial charge in [0.15, 0.2) is 0 Å². The van der Waals surface area contributed by atoms with Crippen molar-refractivity contribution < 1.29 is 19.4 Å². The summed E-state index contributed by atoms with van der Waals surface area (Å²) in [7, 11) is 1.54. The number of carbonyl (C=O) groups excluding carboxylic acids is 1. The Morgan fingerprint density at radius 2 is 1.95 bits per heavy atom. The van der Waals surface area contributed by atoms with E-state index in [2.05, 4.69) is 5.32 Å². The van der Waals surface area contributed by atoms with Crippen molar-refractivity contribution in [2.24, 2.45) is 17.8 Å². The van der Waals surface area contributed by atoms with Gasteiger partial charge < -0.3 is 15.2 Å². The summed E-state index contributed by atoms with van der Waals surface area (Å²) in [4.78, 5) is 23.8. The number of benzene rings is 1. The molecule has 0 heterocycles. The topological polar surface area (TPSA) is 75.6 Å². The molecule has 1 aliphatic rings. The van der Waals surface area contributed by atoms with Gasteiger partial charge in [-0.1, -0.05) is 25.5 Å². The molecule has 1 unspecified atom stereocenters. The van der Waals surface area contributed by atoms with E-state index in [1.54, 1.807) is 18.2 Å². The molecular weight excluding hydrogens is 270 g/mol. The van der Waals surface area contributed by atoms with Gasteiger partial charge in [-0.15, -0.1) is 0 Å². The summed E-state index contributed by atoms with van der Waals surface area (Å²) < 4.78 is 5.19. The number of anilines is 1. The van der Waals surface area contributed by atoms with Gasteiger partial charge in [-0.2, -0.15) is 0 Å². The number of carboxylic acid groups (broad SMARTS) is 1. The lowest BCUT2D eigenvalue weighted by atomic mass is 9.95. The van der Waals surface area contributed by atoms with Crippen molar-refractivity contribution in [2.75, 3.05) is 12.4 Å². The number of rotatable bonds is 5. The van der Waals surface area contributed by atoms with Gasteiger partial charge in [0.1, 0.15) is 5.75 Å². The number of hydrogen-bond acceptors (Lipinski definition) is 3. The maximum Gasteiger partial charge on any atom is 0.307 e. The molecule has 1 saturated carbocycles. The minimum Gasteiger partial charge on any atom is -0.495 e. The van der Waals surface area contributed by atoms with Crippen molar-refractivity contribution in [2.45, 2.75) is 26.2 Å². The van der Waals surface area contributed by atoms with E-state index in [1.165, 1.54) is 7.11 Å². The number of nitrogens with one attached hydrogen (secondary N) is 1. The van der Waals surface area contributed by atoms with E-state index in [0.29, 0.717) is 30.2 Å². The van der Waals surface area contributed by atoms with E-state index in [-0.39, 0.29) is 5.91 Å². The van der Waals surface area contributed by atoms with Gasteiger partial charge in [0.2, 0.25) is 5.91 Å². The summed E-state index contributed by atoms with van der Waals surface area (Å²) in [5.74, 6) is -1.31. The molecule has 0 spiro atoms. The van der Waals surface area contributed by atoms with Crippen molar-refractivity contribution in [1.82, 2.24) is 0 Å². The Balaban J connectivity index is 2.13. The van der Waals surface area contributed by atoms with Crippen LogP contribution in [0.1, 0.15) is 26.2 Å². The van der Waals surface area contributed by atoms with E-state index < -0.39 is 17.8 Å². The van der Waals surface area contributed by atoms with Gasteiger partial charge in [-0.05, 0) is 30.9 Å². The molecule has 3 atom stereocenters. The van der Waals surface area contributed by atoms with Gasteiger partial charge in [0, 0.05) is 0 Å². The molecule has 5 heteroatoms. The zero-order chi connectivity index (χ0) is 15.4. The molecule has 0 aromatic heterocycles. The highest BCUT2D eigenvalue weighted by Crippen LogP contribution is 2.39. The van der Waals surface area contributed by atoms with Crippen LogP contribution in [0.2, 0.25) is 0 Å². The number of hydrogen-bond donors (Lipinski definition) is 2. The molecule has 0 saturated heterocycles. The molecule has 1 aliphatic carbocycles. The SMILES string of the molecule is CCC1C[C@H](C(=O)Nc2ccccc2OC)[C@H](C(=O)O)C1. The Labute approximate surface area is 124 Å². The van der Waals surface area contributed by atoms with Crippen LogP contribution in [0.5, 0.6) is 5.75 Å². The van der Waals surface area contributed by atoms with E-state index in [9.17, 15) is 14.7 Å². The maximum atomic E-state index is 12.4. The van der Waals surface area contributed by atoms with E-state index in [0.717, 1.165) is 6.42 Å². The largest absolute Gasteiger partial charge is 0.495 e. The van der Waals surface area contributed by atoms with Crippen LogP contribution >= 0.6 is 0 Å². The molecule has 1 aromatic rings. The second-order valence-corrected chi connectivity index (χ2v) is 5.49. The molecule has 114 valence electrons. The molecule has 0 radical (unpaired) electrons. The lowest BCUT2D eigenvalue weighted by Crippen LogP contribution is -2.30. The maximum absolute atomic E-state index is 12.4. The molecule has 0 aliphatic heterocycles. The lowest BCUT2D eigenvalue weighted by Gasteiger charge is -2.16. The van der Waals surface area contributed by atoms with Gasteiger partial charge in [-0.25, -0.2) is 0 Å². The fourth-order valence-corrected chi connectivity index (χ4v) is 3.01. The fourth-order valence-electron chi connectivity index (χ4n) is 3.01. The third kappa shape index (κ3) is 3.35. The van der Waals surface area contributed by atoms with Gasteiger partial charge in [0.25, 0.3) is 0 Å². The van der Waals surface area contributed by atoms with Crippen LogP contribution in [0, 0.1) is 17.8 Å². The monoisotopic (exact) mass is 291 g/mol. The summed E-state index contributed by atoms with van der Waals surface area (Å²) in [5, 5.41) is 12.1. The van der Waals surface area contributed by atoms with Crippen LogP contribution in [0.4, 0.5) is 5.69 Å². The van der Waals surface area contributed by atoms with Crippen molar-refractivity contribution in [1.29, 1.82) is 0 Å². The number of ether oxygens (including phenoxy) is 1. The lowest BCUT2D eigenvalue weighted by molar-refractivity contribution is -0.145. The fraction of sp³-hybridized carbons (Fsp3) is 0.500. The molecule has 1 fully saturated rings. The molecule has 2 rings (SSSR count). The number of carboxylic acids is 1. The highest BCUT2D eigenvalue weighted by Gasteiger charge is 2.42. The van der Waals surface area contributed by atoms with Crippen LogP contribution < -0.4 is 10.1 Å². The predicted molar refractivity (Wildman–Crippen MR) is 79.3 cm³/mol. The Morgan fingerprint density at radius 3 is 2.57 bits per heavy atom. The standard InChI is InChI=1S/C16H21NO4/c1-3-10-8-11(12(9-10)16(19)20)15(18)17-13-6-4-5-7-14(13)21-2/h4-7,10-12H,3,8-9H2,1-2H3,(H,17,18)(H,19,20)/t10?,11-,12+/m0/s1. The van der Waals surface area contributed by atoms with Crippen molar-refractivity contribution in [3.63, 3.8) is 0 Å². The zero-order valence-corrected chi connectivity index (χ0v) is 12.3. The molecule has 1 aromatic carbocycles. The summed E-state index contributed by atoms with van der Waals surface area (Å²) in [6.07, 6.45) is 2.12.